The summed E-state index contributed by atoms with van der Waals surface area (Å²) >= 11 is 1.52. The number of nitrogens with zero attached hydrogens (tertiary/aromatic N) is 2. The van der Waals surface area contributed by atoms with Crippen molar-refractivity contribution in [2.75, 3.05) is 26.2 Å². The summed E-state index contributed by atoms with van der Waals surface area (Å²) < 4.78 is 0. The van der Waals surface area contributed by atoms with E-state index in [9.17, 15) is 4.79 Å². The van der Waals surface area contributed by atoms with Crippen molar-refractivity contribution in [3.8, 4) is 0 Å². The van der Waals surface area contributed by atoms with Crippen LogP contribution in [0.3, 0.4) is 0 Å². The number of rotatable bonds is 3. The van der Waals surface area contributed by atoms with Gasteiger partial charge in [-0.1, -0.05) is 17.8 Å². The van der Waals surface area contributed by atoms with Gasteiger partial charge >= 0.3 is 0 Å². The SMILES string of the molecule is CC(Sc1ccccn1)C(=O)N1CCNCC1. The Hall–Kier alpha value is -1.07. The molecule has 0 bridgehead atoms. The van der Waals surface area contributed by atoms with E-state index in [0.29, 0.717) is 0 Å². The van der Waals surface area contributed by atoms with E-state index in [1.54, 1.807) is 6.20 Å². The molecule has 92 valence electrons. The summed E-state index contributed by atoms with van der Waals surface area (Å²) in [7, 11) is 0. The summed E-state index contributed by atoms with van der Waals surface area (Å²) in [4.78, 5) is 18.3. The minimum atomic E-state index is -0.0667. The maximum atomic E-state index is 12.2. The molecule has 2 rings (SSSR count). The second-order valence-corrected chi connectivity index (χ2v) is 5.36. The molecule has 2 heterocycles. The molecule has 1 aliphatic rings. The number of pyridine rings is 1. The third-order valence-electron chi connectivity index (χ3n) is 2.71. The lowest BCUT2D eigenvalue weighted by atomic mass is 10.3. The number of piperazine rings is 1. The van der Waals surface area contributed by atoms with E-state index in [4.69, 9.17) is 0 Å². The van der Waals surface area contributed by atoms with Gasteiger partial charge in [0.15, 0.2) is 0 Å². The van der Waals surface area contributed by atoms with Gasteiger partial charge in [-0.3, -0.25) is 4.79 Å². The Balaban J connectivity index is 1.90. The maximum absolute atomic E-state index is 12.2. The van der Waals surface area contributed by atoms with Crippen molar-refractivity contribution in [3.05, 3.63) is 24.4 Å². The lowest BCUT2D eigenvalue weighted by molar-refractivity contribution is -0.130. The molecule has 4 nitrogen and oxygen atoms in total. The van der Waals surface area contributed by atoms with Crippen LogP contribution >= 0.6 is 11.8 Å². The summed E-state index contributed by atoms with van der Waals surface area (Å²) in [6, 6.07) is 5.76. The Morgan fingerprint density at radius 1 is 1.47 bits per heavy atom. The normalized spacial score (nSPS) is 17.8. The number of carbonyl (C=O) groups excluding carboxylic acids is 1. The molecule has 1 fully saturated rings. The highest BCUT2D eigenvalue weighted by atomic mass is 32.2. The Morgan fingerprint density at radius 3 is 2.88 bits per heavy atom. The maximum Gasteiger partial charge on any atom is 0.235 e. The van der Waals surface area contributed by atoms with Crippen LogP contribution in [0.5, 0.6) is 0 Å². The average molecular weight is 251 g/mol. The Labute approximate surface area is 106 Å². The number of hydrogen-bond acceptors (Lipinski definition) is 4. The van der Waals surface area contributed by atoms with Crippen molar-refractivity contribution in [2.24, 2.45) is 0 Å². The largest absolute Gasteiger partial charge is 0.339 e. The van der Waals surface area contributed by atoms with E-state index in [1.165, 1.54) is 11.8 Å². The van der Waals surface area contributed by atoms with Crippen LogP contribution in [-0.2, 0) is 4.79 Å². The first-order chi connectivity index (χ1) is 8.27. The minimum Gasteiger partial charge on any atom is -0.339 e. The first kappa shape index (κ1) is 12.4. The van der Waals surface area contributed by atoms with Crippen LogP contribution in [0.2, 0.25) is 0 Å². The lowest BCUT2D eigenvalue weighted by Gasteiger charge is -2.29. The van der Waals surface area contributed by atoms with Gasteiger partial charge in [-0.05, 0) is 19.1 Å². The first-order valence-electron chi connectivity index (χ1n) is 5.84. The monoisotopic (exact) mass is 251 g/mol. The summed E-state index contributed by atoms with van der Waals surface area (Å²) in [6.07, 6.45) is 1.75. The third kappa shape index (κ3) is 3.44. The van der Waals surface area contributed by atoms with Crippen molar-refractivity contribution < 1.29 is 4.79 Å². The Kier molecular flexibility index (Phi) is 4.39. The molecule has 1 amide bonds. The number of nitrogens with one attached hydrogen (secondary N) is 1. The van der Waals surface area contributed by atoms with Crippen LogP contribution in [0, 0.1) is 0 Å². The Morgan fingerprint density at radius 2 is 2.24 bits per heavy atom. The van der Waals surface area contributed by atoms with E-state index in [2.05, 4.69) is 10.3 Å². The van der Waals surface area contributed by atoms with Gasteiger partial charge in [-0.2, -0.15) is 0 Å². The molecule has 1 aromatic rings. The van der Waals surface area contributed by atoms with Gasteiger partial charge in [-0.25, -0.2) is 4.98 Å². The van der Waals surface area contributed by atoms with Crippen molar-refractivity contribution in [1.82, 2.24) is 15.2 Å². The molecule has 1 aromatic heterocycles. The molecule has 1 N–H and O–H groups in total. The molecule has 0 radical (unpaired) electrons. The number of amides is 1. The molecule has 1 unspecified atom stereocenters. The molecule has 0 aromatic carbocycles. The highest BCUT2D eigenvalue weighted by Gasteiger charge is 2.22. The molecule has 1 saturated heterocycles. The quantitative estimate of drug-likeness (QED) is 0.814. The number of thioether (sulfide) groups is 1. The summed E-state index contributed by atoms with van der Waals surface area (Å²) in [6.45, 7) is 5.36. The van der Waals surface area contributed by atoms with Crippen molar-refractivity contribution in [1.29, 1.82) is 0 Å². The number of aromatic nitrogens is 1. The van der Waals surface area contributed by atoms with Crippen LogP contribution in [0.1, 0.15) is 6.92 Å². The fourth-order valence-corrected chi connectivity index (χ4v) is 2.68. The zero-order valence-electron chi connectivity index (χ0n) is 9.93. The summed E-state index contributed by atoms with van der Waals surface area (Å²) in [5, 5.41) is 4.08. The van der Waals surface area contributed by atoms with Crippen LogP contribution in [0.15, 0.2) is 29.4 Å². The zero-order chi connectivity index (χ0) is 12.1. The van der Waals surface area contributed by atoms with Crippen molar-refractivity contribution >= 4 is 17.7 Å². The van der Waals surface area contributed by atoms with Gasteiger partial charge < -0.3 is 10.2 Å². The first-order valence-corrected chi connectivity index (χ1v) is 6.72. The topological polar surface area (TPSA) is 45.2 Å². The second-order valence-electron chi connectivity index (χ2n) is 4.00. The van der Waals surface area contributed by atoms with E-state index in [1.807, 2.05) is 30.0 Å². The molecule has 0 spiro atoms. The molecular formula is C12H17N3OS. The average Bonchev–Trinajstić information content (AvgIpc) is 2.40. The van der Waals surface area contributed by atoms with Crippen molar-refractivity contribution in [2.45, 2.75) is 17.2 Å². The predicted molar refractivity (Wildman–Crippen MR) is 69.0 cm³/mol. The zero-order valence-corrected chi connectivity index (χ0v) is 10.7. The number of carbonyl (C=O) groups is 1. The van der Waals surface area contributed by atoms with Crippen molar-refractivity contribution in [3.63, 3.8) is 0 Å². The Bertz CT molecular complexity index is 365. The van der Waals surface area contributed by atoms with E-state index >= 15 is 0 Å². The molecular weight excluding hydrogens is 234 g/mol. The molecule has 1 aliphatic heterocycles. The second kappa shape index (κ2) is 6.02. The molecule has 17 heavy (non-hydrogen) atoms. The molecule has 5 heteroatoms. The van der Waals surface area contributed by atoms with Crippen LogP contribution in [0.4, 0.5) is 0 Å². The lowest BCUT2D eigenvalue weighted by Crippen LogP contribution is -2.48. The molecule has 0 aliphatic carbocycles. The fourth-order valence-electron chi connectivity index (χ4n) is 1.79. The fraction of sp³-hybridized carbons (Fsp3) is 0.500. The van der Waals surface area contributed by atoms with Gasteiger partial charge in [0.1, 0.15) is 0 Å². The van der Waals surface area contributed by atoms with Gasteiger partial charge in [0.2, 0.25) is 5.91 Å². The highest BCUT2D eigenvalue weighted by molar-refractivity contribution is 8.00. The number of hydrogen-bond donors (Lipinski definition) is 1. The molecule has 0 saturated carbocycles. The summed E-state index contributed by atoms with van der Waals surface area (Å²) in [5.74, 6) is 0.210. The standard InChI is InChI=1S/C12H17N3OS/c1-10(17-11-4-2-3-5-14-11)12(16)15-8-6-13-7-9-15/h2-5,10,13H,6-9H2,1H3. The van der Waals surface area contributed by atoms with Crippen LogP contribution in [-0.4, -0.2) is 47.2 Å². The van der Waals surface area contributed by atoms with E-state index < -0.39 is 0 Å². The van der Waals surface area contributed by atoms with E-state index in [-0.39, 0.29) is 11.2 Å². The van der Waals surface area contributed by atoms with Gasteiger partial charge in [-0.15, -0.1) is 0 Å². The molecule has 1 atom stereocenters. The predicted octanol–water partition coefficient (Wildman–Crippen LogP) is 0.994. The van der Waals surface area contributed by atoms with Gasteiger partial charge in [0, 0.05) is 32.4 Å². The van der Waals surface area contributed by atoms with Crippen LogP contribution < -0.4 is 5.32 Å². The van der Waals surface area contributed by atoms with Crippen LogP contribution in [0.25, 0.3) is 0 Å². The smallest absolute Gasteiger partial charge is 0.235 e. The third-order valence-corrected chi connectivity index (χ3v) is 3.75. The van der Waals surface area contributed by atoms with Gasteiger partial charge in [0.25, 0.3) is 0 Å². The van der Waals surface area contributed by atoms with E-state index in [0.717, 1.165) is 31.2 Å². The highest BCUT2D eigenvalue weighted by Crippen LogP contribution is 2.22. The minimum absolute atomic E-state index is 0.0667. The summed E-state index contributed by atoms with van der Waals surface area (Å²) in [5.41, 5.74) is 0. The van der Waals surface area contributed by atoms with Gasteiger partial charge in [0.05, 0.1) is 10.3 Å².